The Kier molecular flexibility index (Phi) is 3.31. The van der Waals surface area contributed by atoms with Crippen LogP contribution in [0.25, 0.3) is 0 Å². The van der Waals surface area contributed by atoms with Gasteiger partial charge in [-0.05, 0) is 37.4 Å². The molecular weight excluding hydrogens is 218 g/mol. The number of benzene rings is 1. The van der Waals surface area contributed by atoms with Crippen molar-refractivity contribution >= 4 is 11.5 Å². The minimum absolute atomic E-state index is 0.00111. The molecule has 2 aromatic rings. The number of aryl methyl sites for hydroxylation is 2. The summed E-state index contributed by atoms with van der Waals surface area (Å²) in [4.78, 5) is 1.04. The molecule has 0 fully saturated rings. The number of hydrogen-bond donors (Lipinski definition) is 1. The highest BCUT2D eigenvalue weighted by molar-refractivity contribution is 7.05. The van der Waals surface area contributed by atoms with Gasteiger partial charge in [0.1, 0.15) is 0 Å². The fraction of sp³-hybridized carbons (Fsp3) is 0.333. The topological polar surface area (TPSA) is 51.8 Å². The molecule has 0 radical (unpaired) electrons. The molecule has 0 saturated heterocycles. The summed E-state index contributed by atoms with van der Waals surface area (Å²) in [7, 11) is 0. The van der Waals surface area contributed by atoms with E-state index in [1.807, 2.05) is 0 Å². The lowest BCUT2D eigenvalue weighted by Crippen LogP contribution is -2.12. The van der Waals surface area contributed by atoms with E-state index in [9.17, 15) is 0 Å². The van der Waals surface area contributed by atoms with E-state index in [0.717, 1.165) is 11.3 Å². The molecule has 2 rings (SSSR count). The Morgan fingerprint density at radius 1 is 1.25 bits per heavy atom. The molecule has 0 aliphatic heterocycles. The maximum absolute atomic E-state index is 6.10. The number of nitrogens with two attached hydrogens (primary N) is 1. The predicted molar refractivity (Wildman–Crippen MR) is 66.5 cm³/mol. The first-order valence-corrected chi connectivity index (χ1v) is 6.02. The SMILES string of the molecule is Cc1cc(C)cc(CC(N)c2cnns2)c1. The predicted octanol–water partition coefficient (Wildman–Crippen LogP) is 2.40. The second-order valence-corrected chi connectivity index (χ2v) is 4.94. The van der Waals surface area contributed by atoms with Gasteiger partial charge < -0.3 is 5.73 Å². The summed E-state index contributed by atoms with van der Waals surface area (Å²) in [5, 5.41) is 3.81. The van der Waals surface area contributed by atoms with Crippen molar-refractivity contribution in [2.75, 3.05) is 0 Å². The molecule has 2 N–H and O–H groups in total. The van der Waals surface area contributed by atoms with E-state index in [1.165, 1.54) is 28.2 Å². The molecule has 1 heterocycles. The lowest BCUT2D eigenvalue weighted by Gasteiger charge is -2.10. The average molecular weight is 233 g/mol. The van der Waals surface area contributed by atoms with Crippen molar-refractivity contribution < 1.29 is 0 Å². The van der Waals surface area contributed by atoms with Gasteiger partial charge in [0.15, 0.2) is 0 Å². The number of aromatic nitrogens is 2. The summed E-state index contributed by atoms with van der Waals surface area (Å²) >= 11 is 1.37. The molecule has 1 aromatic carbocycles. The first-order chi connectivity index (χ1) is 7.65. The molecule has 1 aromatic heterocycles. The summed E-state index contributed by atoms with van der Waals surface area (Å²) in [5.41, 5.74) is 9.94. The van der Waals surface area contributed by atoms with Crippen molar-refractivity contribution in [2.45, 2.75) is 26.3 Å². The van der Waals surface area contributed by atoms with E-state index in [4.69, 9.17) is 5.73 Å². The number of nitrogens with zero attached hydrogens (tertiary/aromatic N) is 2. The quantitative estimate of drug-likeness (QED) is 0.885. The molecule has 0 amide bonds. The van der Waals surface area contributed by atoms with Crippen LogP contribution in [0.2, 0.25) is 0 Å². The van der Waals surface area contributed by atoms with Gasteiger partial charge in [0.05, 0.1) is 11.1 Å². The molecular formula is C12H15N3S. The maximum Gasteiger partial charge on any atom is 0.0669 e. The molecule has 0 aliphatic carbocycles. The van der Waals surface area contributed by atoms with Crippen LogP contribution in [0.5, 0.6) is 0 Å². The lowest BCUT2D eigenvalue weighted by molar-refractivity contribution is 0.733. The summed E-state index contributed by atoms with van der Waals surface area (Å²) < 4.78 is 3.83. The van der Waals surface area contributed by atoms with Crippen LogP contribution in [0, 0.1) is 13.8 Å². The summed E-state index contributed by atoms with van der Waals surface area (Å²) in [6.07, 6.45) is 2.59. The molecule has 4 heteroatoms. The second-order valence-electron chi connectivity index (χ2n) is 4.13. The normalized spacial score (nSPS) is 12.7. The zero-order chi connectivity index (χ0) is 11.5. The van der Waals surface area contributed by atoms with Gasteiger partial charge in [0, 0.05) is 6.04 Å². The summed E-state index contributed by atoms with van der Waals surface area (Å²) in [5.74, 6) is 0. The molecule has 1 unspecified atom stereocenters. The largest absolute Gasteiger partial charge is 0.323 e. The van der Waals surface area contributed by atoms with Gasteiger partial charge in [-0.15, -0.1) is 5.10 Å². The molecule has 0 spiro atoms. The standard InChI is InChI=1S/C12H15N3S/c1-8-3-9(2)5-10(4-8)6-11(13)12-7-14-15-16-12/h3-5,7,11H,6,13H2,1-2H3. The Balaban J connectivity index is 2.15. The van der Waals surface area contributed by atoms with Gasteiger partial charge in [-0.25, -0.2) is 0 Å². The minimum Gasteiger partial charge on any atom is -0.323 e. The molecule has 1 atom stereocenters. The van der Waals surface area contributed by atoms with Crippen LogP contribution in [0.1, 0.15) is 27.6 Å². The van der Waals surface area contributed by atoms with Crippen molar-refractivity contribution in [3.8, 4) is 0 Å². The number of rotatable bonds is 3. The van der Waals surface area contributed by atoms with Gasteiger partial charge in [-0.1, -0.05) is 33.8 Å². The Morgan fingerprint density at radius 3 is 2.50 bits per heavy atom. The van der Waals surface area contributed by atoms with Gasteiger partial charge in [0.2, 0.25) is 0 Å². The fourth-order valence-corrected chi connectivity index (χ4v) is 2.38. The van der Waals surface area contributed by atoms with Gasteiger partial charge in [-0.2, -0.15) is 0 Å². The van der Waals surface area contributed by atoms with Crippen molar-refractivity contribution in [3.05, 3.63) is 46.0 Å². The van der Waals surface area contributed by atoms with E-state index in [2.05, 4.69) is 41.6 Å². The van der Waals surface area contributed by atoms with Crippen LogP contribution in [-0.2, 0) is 6.42 Å². The lowest BCUT2D eigenvalue weighted by atomic mass is 10.0. The van der Waals surface area contributed by atoms with E-state index in [0.29, 0.717) is 0 Å². The van der Waals surface area contributed by atoms with Crippen LogP contribution in [0.15, 0.2) is 24.4 Å². The first kappa shape index (κ1) is 11.2. The number of hydrogen-bond acceptors (Lipinski definition) is 4. The Bertz CT molecular complexity index is 445. The Hall–Kier alpha value is -1.26. The van der Waals surface area contributed by atoms with Crippen molar-refractivity contribution in [3.63, 3.8) is 0 Å². The van der Waals surface area contributed by atoms with Crippen LogP contribution in [0.4, 0.5) is 0 Å². The zero-order valence-corrected chi connectivity index (χ0v) is 10.3. The average Bonchev–Trinajstić information content (AvgIpc) is 2.68. The molecule has 0 bridgehead atoms. The van der Waals surface area contributed by atoms with E-state index in [-0.39, 0.29) is 6.04 Å². The highest BCUT2D eigenvalue weighted by atomic mass is 32.1. The third-order valence-corrected chi connectivity index (χ3v) is 3.28. The smallest absolute Gasteiger partial charge is 0.0669 e. The third-order valence-electron chi connectivity index (χ3n) is 2.48. The first-order valence-electron chi connectivity index (χ1n) is 5.25. The van der Waals surface area contributed by atoms with Crippen LogP contribution < -0.4 is 5.73 Å². The van der Waals surface area contributed by atoms with Crippen LogP contribution in [0.3, 0.4) is 0 Å². The maximum atomic E-state index is 6.10. The summed E-state index contributed by atoms with van der Waals surface area (Å²) in [6.45, 7) is 4.21. The second kappa shape index (κ2) is 4.72. The third kappa shape index (κ3) is 2.65. The van der Waals surface area contributed by atoms with E-state index < -0.39 is 0 Å². The molecule has 3 nitrogen and oxygen atoms in total. The molecule has 16 heavy (non-hydrogen) atoms. The Labute approximate surface area is 99.5 Å². The van der Waals surface area contributed by atoms with Crippen molar-refractivity contribution in [2.24, 2.45) is 5.73 Å². The van der Waals surface area contributed by atoms with Crippen LogP contribution >= 0.6 is 11.5 Å². The minimum atomic E-state index is 0.00111. The molecule has 0 aliphatic rings. The van der Waals surface area contributed by atoms with E-state index >= 15 is 0 Å². The monoisotopic (exact) mass is 233 g/mol. The summed E-state index contributed by atoms with van der Waals surface area (Å²) in [6, 6.07) is 6.53. The molecule has 0 saturated carbocycles. The van der Waals surface area contributed by atoms with E-state index in [1.54, 1.807) is 6.20 Å². The Morgan fingerprint density at radius 2 is 1.94 bits per heavy atom. The van der Waals surface area contributed by atoms with Gasteiger partial charge in [0.25, 0.3) is 0 Å². The van der Waals surface area contributed by atoms with Gasteiger partial charge in [-0.3, -0.25) is 0 Å². The highest BCUT2D eigenvalue weighted by Crippen LogP contribution is 2.19. The highest BCUT2D eigenvalue weighted by Gasteiger charge is 2.09. The zero-order valence-electron chi connectivity index (χ0n) is 9.47. The van der Waals surface area contributed by atoms with Crippen molar-refractivity contribution in [1.29, 1.82) is 0 Å². The van der Waals surface area contributed by atoms with Crippen LogP contribution in [-0.4, -0.2) is 9.59 Å². The fourth-order valence-electron chi connectivity index (χ4n) is 1.88. The van der Waals surface area contributed by atoms with Gasteiger partial charge >= 0.3 is 0 Å². The van der Waals surface area contributed by atoms with Crippen molar-refractivity contribution in [1.82, 2.24) is 9.59 Å². The molecule has 84 valence electrons.